The molecule has 2 aromatic heterocycles. The lowest BCUT2D eigenvalue weighted by molar-refractivity contribution is 1.29. The van der Waals surface area contributed by atoms with Crippen molar-refractivity contribution < 1.29 is 0 Å². The predicted molar refractivity (Wildman–Crippen MR) is 53.2 cm³/mol. The molecule has 12 heavy (non-hydrogen) atoms. The van der Waals surface area contributed by atoms with Crippen LogP contribution in [0.3, 0.4) is 0 Å². The van der Waals surface area contributed by atoms with Gasteiger partial charge in [-0.3, -0.25) is 5.43 Å². The van der Waals surface area contributed by atoms with Crippen LogP contribution in [-0.4, -0.2) is 4.98 Å². The minimum absolute atomic E-state index is 0.749. The molecule has 0 aliphatic rings. The molecule has 0 aliphatic heterocycles. The van der Waals surface area contributed by atoms with Crippen molar-refractivity contribution in [3.63, 3.8) is 0 Å². The Kier molecular flexibility index (Phi) is 2.07. The summed E-state index contributed by atoms with van der Waals surface area (Å²) in [5, 5.41) is 4.77. The molecule has 0 aliphatic carbocycles. The van der Waals surface area contributed by atoms with Gasteiger partial charge in [0, 0.05) is 5.38 Å². The van der Waals surface area contributed by atoms with Crippen molar-refractivity contribution in [3.05, 3.63) is 22.9 Å². The molecule has 0 atom stereocenters. The third-order valence-electron chi connectivity index (χ3n) is 1.40. The number of nitrogen functional groups attached to an aromatic ring is 1. The van der Waals surface area contributed by atoms with E-state index in [-0.39, 0.29) is 0 Å². The highest BCUT2D eigenvalue weighted by molar-refractivity contribution is 7.15. The average Bonchev–Trinajstić information content (AvgIpc) is 2.75. The van der Waals surface area contributed by atoms with E-state index < -0.39 is 0 Å². The summed E-state index contributed by atoms with van der Waals surface area (Å²) < 4.78 is 0. The first-order valence-corrected chi connectivity index (χ1v) is 5.12. The van der Waals surface area contributed by atoms with Crippen LogP contribution in [0, 0.1) is 0 Å². The van der Waals surface area contributed by atoms with Gasteiger partial charge >= 0.3 is 0 Å². The van der Waals surface area contributed by atoms with Crippen LogP contribution in [0.5, 0.6) is 0 Å². The Morgan fingerprint density at radius 2 is 2.33 bits per heavy atom. The van der Waals surface area contributed by atoms with E-state index in [0.717, 1.165) is 10.8 Å². The fraction of sp³-hybridized carbons (Fsp3) is 0. The van der Waals surface area contributed by atoms with Gasteiger partial charge in [0.2, 0.25) is 0 Å². The molecule has 0 radical (unpaired) electrons. The second-order valence-electron chi connectivity index (χ2n) is 2.16. The first-order chi connectivity index (χ1) is 5.90. The zero-order valence-electron chi connectivity index (χ0n) is 6.15. The number of hydrogen-bond acceptors (Lipinski definition) is 5. The summed E-state index contributed by atoms with van der Waals surface area (Å²) in [6, 6.07) is 4.05. The van der Waals surface area contributed by atoms with Gasteiger partial charge in [0.05, 0.1) is 10.6 Å². The average molecular weight is 197 g/mol. The van der Waals surface area contributed by atoms with Crippen LogP contribution >= 0.6 is 22.7 Å². The lowest BCUT2D eigenvalue weighted by atomic mass is 10.4. The van der Waals surface area contributed by atoms with E-state index in [9.17, 15) is 0 Å². The van der Waals surface area contributed by atoms with Gasteiger partial charge in [0.1, 0.15) is 0 Å². The Labute approximate surface area is 77.8 Å². The summed E-state index contributed by atoms with van der Waals surface area (Å²) in [4.78, 5) is 5.44. The van der Waals surface area contributed by atoms with E-state index in [4.69, 9.17) is 5.84 Å². The molecule has 0 fully saturated rings. The molecule has 0 saturated carbocycles. The lowest BCUT2D eigenvalue weighted by Crippen LogP contribution is -2.05. The molecule has 3 nitrogen and oxygen atoms in total. The monoisotopic (exact) mass is 197 g/mol. The molecule has 0 spiro atoms. The number of anilines is 1. The van der Waals surface area contributed by atoms with Crippen molar-refractivity contribution in [2.75, 3.05) is 5.43 Å². The van der Waals surface area contributed by atoms with Crippen LogP contribution in [0.1, 0.15) is 0 Å². The number of aromatic nitrogens is 1. The number of hydrazine groups is 1. The largest absolute Gasteiger partial charge is 0.300 e. The zero-order valence-corrected chi connectivity index (χ0v) is 7.78. The highest BCUT2D eigenvalue weighted by atomic mass is 32.1. The van der Waals surface area contributed by atoms with E-state index in [1.807, 2.05) is 22.9 Å². The lowest BCUT2D eigenvalue weighted by Gasteiger charge is -1.88. The standard InChI is InChI=1S/C7H7N3S2/c8-10-7-9-5(4-12-7)6-2-1-3-11-6/h1-4H,8H2,(H,9,10). The van der Waals surface area contributed by atoms with Crippen molar-refractivity contribution in [2.24, 2.45) is 5.84 Å². The van der Waals surface area contributed by atoms with E-state index in [0.29, 0.717) is 0 Å². The summed E-state index contributed by atoms with van der Waals surface area (Å²) >= 11 is 3.18. The third-order valence-corrected chi connectivity index (χ3v) is 3.07. The number of thiophene rings is 1. The Balaban J connectivity index is 2.35. The Morgan fingerprint density at radius 3 is 2.92 bits per heavy atom. The van der Waals surface area contributed by atoms with Crippen molar-refractivity contribution in [1.29, 1.82) is 0 Å². The van der Waals surface area contributed by atoms with Gasteiger partial charge < -0.3 is 0 Å². The van der Waals surface area contributed by atoms with E-state index in [1.54, 1.807) is 11.3 Å². The van der Waals surface area contributed by atoms with E-state index in [2.05, 4.69) is 10.4 Å². The van der Waals surface area contributed by atoms with Crippen molar-refractivity contribution >= 4 is 27.8 Å². The minimum atomic E-state index is 0.749. The Hall–Kier alpha value is -0.910. The minimum Gasteiger partial charge on any atom is -0.300 e. The number of hydrogen-bond donors (Lipinski definition) is 2. The van der Waals surface area contributed by atoms with Crippen molar-refractivity contribution in [1.82, 2.24) is 4.98 Å². The number of nitrogens with zero attached hydrogens (tertiary/aromatic N) is 1. The fourth-order valence-corrected chi connectivity index (χ4v) is 2.26. The van der Waals surface area contributed by atoms with Crippen molar-refractivity contribution in [3.8, 4) is 10.6 Å². The van der Waals surface area contributed by atoms with Gasteiger partial charge in [-0.2, -0.15) is 0 Å². The first kappa shape index (κ1) is 7.72. The van der Waals surface area contributed by atoms with Gasteiger partial charge in [-0.15, -0.1) is 22.7 Å². The SMILES string of the molecule is NNc1nc(-c2cccs2)cs1. The number of nitrogens with one attached hydrogen (secondary N) is 1. The maximum absolute atomic E-state index is 5.22. The topological polar surface area (TPSA) is 50.9 Å². The van der Waals surface area contributed by atoms with Gasteiger partial charge in [-0.25, -0.2) is 10.8 Å². The normalized spacial score (nSPS) is 10.1. The van der Waals surface area contributed by atoms with Crippen LogP contribution in [0.15, 0.2) is 22.9 Å². The molecule has 2 rings (SSSR count). The molecule has 5 heteroatoms. The number of nitrogens with two attached hydrogens (primary N) is 1. The van der Waals surface area contributed by atoms with Gasteiger partial charge in [-0.1, -0.05) is 6.07 Å². The third kappa shape index (κ3) is 1.34. The quantitative estimate of drug-likeness (QED) is 0.573. The molecule has 2 aromatic rings. The molecule has 0 bridgehead atoms. The maximum Gasteiger partial charge on any atom is 0.197 e. The summed E-state index contributed by atoms with van der Waals surface area (Å²) in [6.07, 6.45) is 0. The smallest absolute Gasteiger partial charge is 0.197 e. The molecule has 0 aromatic carbocycles. The second kappa shape index (κ2) is 3.22. The summed E-state index contributed by atoms with van der Waals surface area (Å²) in [7, 11) is 0. The van der Waals surface area contributed by atoms with Crippen LogP contribution in [0.25, 0.3) is 10.6 Å². The van der Waals surface area contributed by atoms with Crippen molar-refractivity contribution in [2.45, 2.75) is 0 Å². The van der Waals surface area contributed by atoms with E-state index >= 15 is 0 Å². The molecular weight excluding hydrogens is 190 g/mol. The van der Waals surface area contributed by atoms with Gasteiger partial charge in [0.25, 0.3) is 0 Å². The maximum atomic E-state index is 5.22. The summed E-state index contributed by atoms with van der Waals surface area (Å²) in [6.45, 7) is 0. The highest BCUT2D eigenvalue weighted by Gasteiger charge is 2.02. The van der Waals surface area contributed by atoms with Gasteiger partial charge in [-0.05, 0) is 11.4 Å². The molecule has 2 heterocycles. The molecule has 0 unspecified atom stereocenters. The molecular formula is C7H7N3S2. The Morgan fingerprint density at radius 1 is 1.42 bits per heavy atom. The predicted octanol–water partition coefficient (Wildman–Crippen LogP) is 2.16. The second-order valence-corrected chi connectivity index (χ2v) is 3.97. The van der Waals surface area contributed by atoms with Crippen LogP contribution < -0.4 is 11.3 Å². The molecule has 62 valence electrons. The zero-order chi connectivity index (χ0) is 8.39. The summed E-state index contributed by atoms with van der Waals surface area (Å²) in [5.41, 5.74) is 3.51. The van der Waals surface area contributed by atoms with Gasteiger partial charge in [0.15, 0.2) is 5.13 Å². The molecule has 0 amide bonds. The molecule has 0 saturated heterocycles. The van der Waals surface area contributed by atoms with Crippen LogP contribution in [0.2, 0.25) is 0 Å². The first-order valence-electron chi connectivity index (χ1n) is 3.36. The van der Waals surface area contributed by atoms with E-state index in [1.165, 1.54) is 16.2 Å². The fourth-order valence-electron chi connectivity index (χ4n) is 0.878. The van der Waals surface area contributed by atoms with Crippen LogP contribution in [0.4, 0.5) is 5.13 Å². The number of rotatable bonds is 2. The highest BCUT2D eigenvalue weighted by Crippen LogP contribution is 2.27. The summed E-state index contributed by atoms with van der Waals surface area (Å²) in [5.74, 6) is 5.22. The molecule has 3 N–H and O–H groups in total. The Bertz CT molecular complexity index is 352. The van der Waals surface area contributed by atoms with Crippen LogP contribution in [-0.2, 0) is 0 Å². The number of thiazole rings is 1.